The van der Waals surface area contributed by atoms with Crippen LogP contribution < -0.4 is 22.1 Å². The number of nitrogens with two attached hydrogens (primary N) is 2. The average molecular weight is 675 g/mol. The number of benzene rings is 2. The van der Waals surface area contributed by atoms with Crippen molar-refractivity contribution in [3.8, 4) is 0 Å². The number of carbonyl (C=O) groups is 4. The Morgan fingerprint density at radius 3 is 2.10 bits per heavy atom. The first-order chi connectivity index (χ1) is 23.4. The summed E-state index contributed by atoms with van der Waals surface area (Å²) in [5, 5.41) is 6.09. The minimum absolute atomic E-state index is 0.0365. The molecular weight excluding hydrogens is 616 g/mol. The van der Waals surface area contributed by atoms with Crippen LogP contribution in [0.2, 0.25) is 0 Å². The first-order valence-corrected chi connectivity index (χ1v) is 18.2. The number of likely N-dealkylation sites (N-methyl/N-ethyl adjacent to an activating group) is 1. The van der Waals surface area contributed by atoms with Crippen LogP contribution in [0, 0.1) is 11.8 Å². The number of ketones is 1. The lowest BCUT2D eigenvalue weighted by molar-refractivity contribution is -0.157. The molecule has 3 amide bonds. The Bertz CT molecular complexity index is 1380. The standard InChI is InChI=1S/C39H58N6O4/c1-5-44-25-31-23-32(26-44)45(31)38(49)34(18-12-13-19-40)42-36(47)30(20-27(2)3)22-35(46)39(4,24-29-16-10-7-11-17-29)43-37(48)33(41)21-28-14-8-6-9-15-28/h6-11,14-17,27,30-34H,5,12-13,18-26,40-41H2,1-4H3,(H,42,47)(H,43,48). The second-order valence-electron chi connectivity index (χ2n) is 14.7. The van der Waals surface area contributed by atoms with Gasteiger partial charge in [0.1, 0.15) is 6.04 Å². The molecule has 2 aromatic carbocycles. The van der Waals surface area contributed by atoms with Crippen molar-refractivity contribution in [1.82, 2.24) is 20.4 Å². The molecule has 3 aliphatic rings. The molecule has 2 bridgehead atoms. The van der Waals surface area contributed by atoms with E-state index in [1.165, 1.54) is 0 Å². The Labute approximate surface area is 292 Å². The van der Waals surface area contributed by atoms with E-state index in [1.54, 1.807) is 6.92 Å². The van der Waals surface area contributed by atoms with Crippen molar-refractivity contribution in [3.63, 3.8) is 0 Å². The summed E-state index contributed by atoms with van der Waals surface area (Å²) >= 11 is 0. The number of carbonyl (C=O) groups excluding carboxylic acids is 4. The van der Waals surface area contributed by atoms with E-state index in [2.05, 4.69) is 22.5 Å². The lowest BCUT2D eigenvalue weighted by Gasteiger charge is -2.57. The highest BCUT2D eigenvalue weighted by molar-refractivity contribution is 5.97. The number of rotatable bonds is 19. The summed E-state index contributed by atoms with van der Waals surface area (Å²) in [4.78, 5) is 60.2. The third kappa shape index (κ3) is 10.4. The fraction of sp³-hybridized carbons (Fsp3) is 0.590. The fourth-order valence-electron chi connectivity index (χ4n) is 7.38. The number of piperazine rings is 1. The summed E-state index contributed by atoms with van der Waals surface area (Å²) in [6.07, 6.45) is 3.93. The molecule has 10 heteroatoms. The van der Waals surface area contributed by atoms with Gasteiger partial charge in [0.05, 0.1) is 11.6 Å². The van der Waals surface area contributed by atoms with Crippen LogP contribution in [0.3, 0.4) is 0 Å². The molecule has 0 aromatic heterocycles. The van der Waals surface area contributed by atoms with Crippen molar-refractivity contribution >= 4 is 23.5 Å². The number of fused-ring (bicyclic) bond motifs is 2. The highest BCUT2D eigenvalue weighted by Gasteiger charge is 2.48. The Balaban J connectivity index is 1.51. The summed E-state index contributed by atoms with van der Waals surface area (Å²) in [5.41, 5.74) is 12.6. The summed E-state index contributed by atoms with van der Waals surface area (Å²) in [6.45, 7) is 11.1. The molecule has 6 atom stereocenters. The highest BCUT2D eigenvalue weighted by Crippen LogP contribution is 2.33. The highest BCUT2D eigenvalue weighted by atomic mass is 16.2. The van der Waals surface area contributed by atoms with Gasteiger partial charge in [-0.1, -0.05) is 81.4 Å². The molecule has 2 aromatic rings. The molecule has 6 N–H and O–H groups in total. The van der Waals surface area contributed by atoms with Gasteiger partial charge in [-0.05, 0) is 75.6 Å². The van der Waals surface area contributed by atoms with Crippen LogP contribution in [0.4, 0.5) is 0 Å². The Morgan fingerprint density at radius 2 is 1.53 bits per heavy atom. The topological polar surface area (TPSA) is 151 Å². The first kappa shape index (κ1) is 38.2. The summed E-state index contributed by atoms with van der Waals surface area (Å²) in [7, 11) is 0. The lowest BCUT2D eigenvalue weighted by atomic mass is 9.81. The molecule has 0 saturated carbocycles. The Kier molecular flexibility index (Phi) is 13.9. The second-order valence-corrected chi connectivity index (χ2v) is 14.7. The summed E-state index contributed by atoms with van der Waals surface area (Å²) < 4.78 is 0. The van der Waals surface area contributed by atoms with Gasteiger partial charge >= 0.3 is 0 Å². The predicted octanol–water partition coefficient (Wildman–Crippen LogP) is 3.21. The van der Waals surface area contributed by atoms with Gasteiger partial charge in [-0.25, -0.2) is 0 Å². The molecule has 3 fully saturated rings. The van der Waals surface area contributed by atoms with Gasteiger partial charge in [-0.2, -0.15) is 0 Å². The normalized spacial score (nSPS) is 20.4. The van der Waals surface area contributed by atoms with Gasteiger partial charge in [0.15, 0.2) is 5.78 Å². The maximum atomic E-state index is 14.3. The Hall–Kier alpha value is -3.60. The quantitative estimate of drug-likeness (QED) is 0.167. The SMILES string of the molecule is CCN1CC2CC(C1)N2C(=O)C(CCCCN)NC(=O)C(CC(=O)C(C)(Cc1ccccc1)NC(=O)C(N)Cc1ccccc1)CC(C)C. The zero-order valence-electron chi connectivity index (χ0n) is 29.9. The molecule has 49 heavy (non-hydrogen) atoms. The van der Waals surface area contributed by atoms with Crippen molar-refractivity contribution in [1.29, 1.82) is 0 Å². The zero-order valence-corrected chi connectivity index (χ0v) is 29.9. The number of nitrogens with zero attached hydrogens (tertiary/aromatic N) is 2. The van der Waals surface area contributed by atoms with Crippen molar-refractivity contribution < 1.29 is 19.2 Å². The van der Waals surface area contributed by atoms with Crippen LogP contribution in [-0.4, -0.2) is 89.2 Å². The number of hydrogen-bond donors (Lipinski definition) is 4. The van der Waals surface area contributed by atoms with Gasteiger partial charge < -0.3 is 27.0 Å². The van der Waals surface area contributed by atoms with Crippen LogP contribution >= 0.6 is 0 Å². The lowest BCUT2D eigenvalue weighted by Crippen LogP contribution is -2.72. The van der Waals surface area contributed by atoms with Crippen molar-refractivity contribution in [2.45, 2.75) is 109 Å². The number of unbranched alkanes of at least 4 members (excludes halogenated alkanes) is 1. The van der Waals surface area contributed by atoms with E-state index in [9.17, 15) is 19.2 Å². The predicted molar refractivity (Wildman–Crippen MR) is 193 cm³/mol. The van der Waals surface area contributed by atoms with E-state index < -0.39 is 29.4 Å². The van der Waals surface area contributed by atoms with Gasteiger partial charge in [0.25, 0.3) is 0 Å². The Morgan fingerprint density at radius 1 is 0.918 bits per heavy atom. The van der Waals surface area contributed by atoms with Gasteiger partial charge in [0, 0.05) is 43.9 Å². The van der Waals surface area contributed by atoms with Crippen molar-refractivity contribution in [2.75, 3.05) is 26.2 Å². The molecule has 268 valence electrons. The van der Waals surface area contributed by atoms with E-state index in [1.807, 2.05) is 79.4 Å². The molecule has 3 heterocycles. The number of Topliss-reactive ketones (excluding diaryl/α,β-unsaturated/α-hetero) is 1. The van der Waals surface area contributed by atoms with Crippen LogP contribution in [0.1, 0.15) is 77.3 Å². The number of hydrogen-bond acceptors (Lipinski definition) is 7. The number of amides is 3. The molecule has 0 spiro atoms. The number of nitrogens with one attached hydrogen (secondary N) is 2. The van der Waals surface area contributed by atoms with Gasteiger partial charge in [0.2, 0.25) is 17.7 Å². The van der Waals surface area contributed by atoms with E-state index in [-0.39, 0.29) is 48.4 Å². The largest absolute Gasteiger partial charge is 0.344 e. The van der Waals surface area contributed by atoms with Crippen molar-refractivity contribution in [3.05, 3.63) is 71.8 Å². The number of piperidine rings is 1. The molecule has 6 unspecified atom stereocenters. The second kappa shape index (κ2) is 17.9. The molecule has 3 saturated heterocycles. The summed E-state index contributed by atoms with van der Waals surface area (Å²) in [5.74, 6) is -1.56. The van der Waals surface area contributed by atoms with Gasteiger partial charge in [-0.3, -0.25) is 24.1 Å². The first-order valence-electron chi connectivity index (χ1n) is 18.2. The van der Waals surface area contributed by atoms with Crippen LogP contribution in [0.25, 0.3) is 0 Å². The van der Waals surface area contributed by atoms with E-state index in [0.29, 0.717) is 25.8 Å². The monoisotopic (exact) mass is 674 g/mol. The van der Waals surface area contributed by atoms with Gasteiger partial charge in [-0.15, -0.1) is 0 Å². The van der Waals surface area contributed by atoms with Crippen LogP contribution in [0.5, 0.6) is 0 Å². The molecule has 5 rings (SSSR count). The average Bonchev–Trinajstić information content (AvgIpc) is 3.08. The molecule has 10 nitrogen and oxygen atoms in total. The van der Waals surface area contributed by atoms with Crippen LogP contribution in [-0.2, 0) is 32.0 Å². The van der Waals surface area contributed by atoms with E-state index in [0.717, 1.165) is 50.0 Å². The molecule has 0 radical (unpaired) electrons. The molecule has 0 aliphatic carbocycles. The minimum atomic E-state index is -1.31. The third-order valence-electron chi connectivity index (χ3n) is 10.1. The van der Waals surface area contributed by atoms with E-state index in [4.69, 9.17) is 11.5 Å². The maximum Gasteiger partial charge on any atom is 0.245 e. The third-order valence-corrected chi connectivity index (χ3v) is 10.1. The minimum Gasteiger partial charge on any atom is -0.344 e. The van der Waals surface area contributed by atoms with E-state index >= 15 is 0 Å². The molecular formula is C39H58N6O4. The van der Waals surface area contributed by atoms with Crippen LogP contribution in [0.15, 0.2) is 60.7 Å². The summed E-state index contributed by atoms with van der Waals surface area (Å²) in [6, 6.07) is 17.9. The smallest absolute Gasteiger partial charge is 0.245 e. The molecule has 3 aliphatic heterocycles. The fourth-order valence-corrected chi connectivity index (χ4v) is 7.38. The zero-order chi connectivity index (χ0) is 35.6. The van der Waals surface area contributed by atoms with Crippen molar-refractivity contribution in [2.24, 2.45) is 23.3 Å². The maximum absolute atomic E-state index is 14.3.